The van der Waals surface area contributed by atoms with Gasteiger partial charge in [-0.1, -0.05) is 12.1 Å². The molecule has 6 nitrogen and oxygen atoms in total. The molecule has 0 spiro atoms. The Labute approximate surface area is 127 Å². The quantitative estimate of drug-likeness (QED) is 0.416. The molecule has 1 rings (SSSR count). The number of carbonyl (C=O) groups is 2. The molecule has 1 amide bonds. The molecule has 0 saturated heterocycles. The summed E-state index contributed by atoms with van der Waals surface area (Å²) in [4.78, 5) is 26.2. The second-order valence-corrected chi connectivity index (χ2v) is 5.35. The van der Waals surface area contributed by atoms with Crippen LogP contribution in [0.1, 0.15) is 18.4 Å². The molecule has 1 unspecified atom stereocenters. The summed E-state index contributed by atoms with van der Waals surface area (Å²) >= 11 is 0.587. The van der Waals surface area contributed by atoms with E-state index < -0.39 is 28.9 Å². The van der Waals surface area contributed by atoms with E-state index in [1.807, 2.05) is 0 Å². The van der Waals surface area contributed by atoms with Crippen LogP contribution >= 0.6 is 11.8 Å². The second-order valence-electron chi connectivity index (χ2n) is 4.11. The molecule has 4 N–H and O–H groups in total. The first-order valence-electron chi connectivity index (χ1n) is 5.96. The lowest BCUT2D eigenvalue weighted by molar-refractivity contribution is -0.144. The molecule has 10 heteroatoms. The highest BCUT2D eigenvalue weighted by Gasteiger charge is 2.34. The Morgan fingerprint density at radius 1 is 1.36 bits per heavy atom. The molecule has 122 valence electrons. The number of thioether (sulfide) groups is 1. The van der Waals surface area contributed by atoms with Gasteiger partial charge in [-0.3, -0.25) is 14.8 Å². The van der Waals surface area contributed by atoms with E-state index in [1.54, 1.807) is 0 Å². The highest BCUT2D eigenvalue weighted by Crippen LogP contribution is 2.38. The van der Waals surface area contributed by atoms with E-state index in [0.717, 1.165) is 6.07 Å². The van der Waals surface area contributed by atoms with Crippen LogP contribution in [0, 0.1) is 0 Å². The van der Waals surface area contributed by atoms with Crippen molar-refractivity contribution in [2.24, 2.45) is 5.90 Å². The smallest absolute Gasteiger partial charge is 0.373 e. The first kappa shape index (κ1) is 18.3. The van der Waals surface area contributed by atoms with Gasteiger partial charge in [0.2, 0.25) is 0 Å². The Kier molecular flexibility index (Phi) is 6.65. The number of carbonyl (C=O) groups excluding carboxylic acids is 2. The van der Waals surface area contributed by atoms with Crippen molar-refractivity contribution in [1.29, 1.82) is 0 Å². The van der Waals surface area contributed by atoms with Gasteiger partial charge in [0.05, 0.1) is 10.8 Å². The zero-order chi connectivity index (χ0) is 16.8. The van der Waals surface area contributed by atoms with Crippen molar-refractivity contribution in [3.8, 4) is 0 Å². The van der Waals surface area contributed by atoms with Gasteiger partial charge in [-0.05, 0) is 18.6 Å². The fourth-order valence-corrected chi connectivity index (χ4v) is 2.75. The molecular weight excluding hydrogens is 325 g/mol. The van der Waals surface area contributed by atoms with Crippen LogP contribution in [0.3, 0.4) is 0 Å². The first-order chi connectivity index (χ1) is 10.3. The standard InChI is InChI=1S/C12H13F3N2O4S/c13-12(14,15)7-3-1-2-4-8(7)22-9(11(19)17-20)5-6-10(18)21-16/h1-4,9,20H,5-6,16H2,(H,17,19). The zero-order valence-corrected chi connectivity index (χ0v) is 11.9. The third-order valence-electron chi connectivity index (χ3n) is 2.61. The highest BCUT2D eigenvalue weighted by molar-refractivity contribution is 8.00. The van der Waals surface area contributed by atoms with Crippen molar-refractivity contribution in [1.82, 2.24) is 5.48 Å². The van der Waals surface area contributed by atoms with Crippen LogP contribution in [0.4, 0.5) is 13.2 Å². The number of hydrogen-bond acceptors (Lipinski definition) is 6. The highest BCUT2D eigenvalue weighted by atomic mass is 32.2. The number of nitrogens with one attached hydrogen (secondary N) is 1. The summed E-state index contributed by atoms with van der Waals surface area (Å²) < 4.78 is 38.7. The summed E-state index contributed by atoms with van der Waals surface area (Å²) in [6.07, 6.45) is -5.02. The summed E-state index contributed by atoms with van der Waals surface area (Å²) in [7, 11) is 0. The lowest BCUT2D eigenvalue weighted by Gasteiger charge is -2.17. The monoisotopic (exact) mass is 338 g/mol. The SMILES string of the molecule is NOC(=O)CCC(Sc1ccccc1C(F)(F)F)C(=O)NO. The van der Waals surface area contributed by atoms with Crippen molar-refractivity contribution < 1.29 is 32.8 Å². The number of alkyl halides is 3. The summed E-state index contributed by atoms with van der Waals surface area (Å²) in [6, 6.07) is 4.69. The van der Waals surface area contributed by atoms with E-state index in [2.05, 4.69) is 10.7 Å². The minimum absolute atomic E-state index is 0.153. The lowest BCUT2D eigenvalue weighted by atomic mass is 10.2. The number of rotatable bonds is 6. The lowest BCUT2D eigenvalue weighted by Crippen LogP contribution is -2.31. The average Bonchev–Trinajstić information content (AvgIpc) is 2.49. The van der Waals surface area contributed by atoms with Gasteiger partial charge in [-0.2, -0.15) is 19.1 Å². The van der Waals surface area contributed by atoms with E-state index >= 15 is 0 Å². The van der Waals surface area contributed by atoms with Gasteiger partial charge in [0.25, 0.3) is 5.91 Å². The molecule has 1 aromatic carbocycles. The number of hydroxylamine groups is 1. The zero-order valence-electron chi connectivity index (χ0n) is 11.1. The summed E-state index contributed by atoms with van der Waals surface area (Å²) in [6.45, 7) is 0. The van der Waals surface area contributed by atoms with Gasteiger partial charge in [-0.15, -0.1) is 11.8 Å². The van der Waals surface area contributed by atoms with E-state index in [4.69, 9.17) is 5.21 Å². The molecule has 0 aromatic heterocycles. The summed E-state index contributed by atoms with van der Waals surface area (Å²) in [5.41, 5.74) is 0.455. The predicted molar refractivity (Wildman–Crippen MR) is 70.5 cm³/mol. The van der Waals surface area contributed by atoms with Crippen LogP contribution in [0.25, 0.3) is 0 Å². The van der Waals surface area contributed by atoms with Gasteiger partial charge in [0.1, 0.15) is 0 Å². The summed E-state index contributed by atoms with van der Waals surface area (Å²) in [5.74, 6) is 2.90. The fourth-order valence-electron chi connectivity index (χ4n) is 1.58. The molecule has 0 fully saturated rings. The maximum atomic E-state index is 12.9. The van der Waals surface area contributed by atoms with Crippen molar-refractivity contribution >= 4 is 23.6 Å². The maximum absolute atomic E-state index is 12.9. The maximum Gasteiger partial charge on any atom is 0.417 e. The molecule has 0 aliphatic heterocycles. The van der Waals surface area contributed by atoms with Crippen LogP contribution in [-0.2, 0) is 20.6 Å². The minimum atomic E-state index is -4.58. The average molecular weight is 338 g/mol. The van der Waals surface area contributed by atoms with Gasteiger partial charge in [0, 0.05) is 11.3 Å². The Hall–Kier alpha value is -1.78. The molecule has 0 radical (unpaired) electrons. The van der Waals surface area contributed by atoms with Crippen molar-refractivity contribution in [2.45, 2.75) is 29.2 Å². The van der Waals surface area contributed by atoms with E-state index in [-0.39, 0.29) is 17.7 Å². The Morgan fingerprint density at radius 2 is 2.00 bits per heavy atom. The van der Waals surface area contributed by atoms with Crippen molar-refractivity contribution in [2.75, 3.05) is 0 Å². The number of benzene rings is 1. The Bertz CT molecular complexity index is 539. The number of amides is 1. The van der Waals surface area contributed by atoms with E-state index in [0.29, 0.717) is 11.8 Å². The normalized spacial score (nSPS) is 12.6. The summed E-state index contributed by atoms with van der Waals surface area (Å²) in [5, 5.41) is 7.54. The van der Waals surface area contributed by atoms with E-state index in [9.17, 15) is 22.8 Å². The molecule has 0 aliphatic carbocycles. The van der Waals surface area contributed by atoms with Crippen LogP contribution < -0.4 is 11.4 Å². The van der Waals surface area contributed by atoms with Crippen LogP contribution in [-0.4, -0.2) is 22.3 Å². The molecule has 1 atom stereocenters. The van der Waals surface area contributed by atoms with E-state index in [1.165, 1.54) is 23.7 Å². The molecule has 22 heavy (non-hydrogen) atoms. The minimum Gasteiger partial charge on any atom is -0.373 e. The Morgan fingerprint density at radius 3 is 2.55 bits per heavy atom. The number of halogens is 3. The van der Waals surface area contributed by atoms with Crippen molar-refractivity contribution in [3.63, 3.8) is 0 Å². The van der Waals surface area contributed by atoms with Gasteiger partial charge in [-0.25, -0.2) is 5.48 Å². The van der Waals surface area contributed by atoms with Gasteiger partial charge >= 0.3 is 12.1 Å². The Balaban J connectivity index is 2.95. The first-order valence-corrected chi connectivity index (χ1v) is 6.84. The van der Waals surface area contributed by atoms with Crippen LogP contribution in [0.2, 0.25) is 0 Å². The molecule has 1 aromatic rings. The third-order valence-corrected chi connectivity index (χ3v) is 3.95. The molecule has 0 saturated carbocycles. The second kappa shape index (κ2) is 8.01. The number of hydrogen-bond donors (Lipinski definition) is 3. The van der Waals surface area contributed by atoms with Gasteiger partial charge < -0.3 is 4.84 Å². The predicted octanol–water partition coefficient (Wildman–Crippen LogP) is 1.87. The number of nitrogens with two attached hydrogens (primary N) is 1. The fraction of sp³-hybridized carbons (Fsp3) is 0.333. The van der Waals surface area contributed by atoms with Crippen LogP contribution in [0.5, 0.6) is 0 Å². The van der Waals surface area contributed by atoms with Crippen molar-refractivity contribution in [3.05, 3.63) is 29.8 Å². The molecule has 0 bridgehead atoms. The third kappa shape index (κ3) is 5.20. The molecule has 0 aliphatic rings. The van der Waals surface area contributed by atoms with Crippen LogP contribution in [0.15, 0.2) is 29.2 Å². The van der Waals surface area contributed by atoms with Gasteiger partial charge in [0.15, 0.2) is 0 Å². The molecular formula is C12H13F3N2O4S. The molecule has 0 heterocycles. The largest absolute Gasteiger partial charge is 0.417 e. The topological polar surface area (TPSA) is 102 Å².